The Morgan fingerprint density at radius 1 is 1.17 bits per heavy atom. The molecule has 1 aromatic carbocycles. The minimum absolute atomic E-state index is 0.0310. The maximum Gasteiger partial charge on any atom is 0.277 e. The molecule has 0 saturated heterocycles. The Labute approximate surface area is 203 Å². The Balaban J connectivity index is 1.52. The molecule has 0 spiro atoms. The van der Waals surface area contributed by atoms with Gasteiger partial charge < -0.3 is 4.74 Å². The highest BCUT2D eigenvalue weighted by Crippen LogP contribution is 2.37. The van der Waals surface area contributed by atoms with Gasteiger partial charge in [0.05, 0.1) is 30.2 Å². The molecular weight excluding hydrogens is 476 g/mol. The number of rotatable bonds is 4. The third-order valence-corrected chi connectivity index (χ3v) is 6.76. The van der Waals surface area contributed by atoms with Gasteiger partial charge in [0.1, 0.15) is 28.5 Å². The SMILES string of the molecule is Cc1nc2c(-c3ccc(F)cc3F)nc(C3=CC(c4cnn(C5CC5)c4)OCC3)cn2c(=O)c1Cl. The van der Waals surface area contributed by atoms with Crippen molar-refractivity contribution in [1.29, 1.82) is 0 Å². The fraction of sp³-hybridized carbons (Fsp3) is 0.280. The van der Waals surface area contributed by atoms with Gasteiger partial charge in [-0.1, -0.05) is 11.6 Å². The number of benzene rings is 1. The van der Waals surface area contributed by atoms with Crippen molar-refractivity contribution in [3.63, 3.8) is 0 Å². The molecule has 1 fully saturated rings. The molecule has 35 heavy (non-hydrogen) atoms. The Morgan fingerprint density at radius 2 is 2.00 bits per heavy atom. The van der Waals surface area contributed by atoms with E-state index in [4.69, 9.17) is 21.3 Å². The molecule has 0 radical (unpaired) electrons. The first-order chi connectivity index (χ1) is 16.9. The van der Waals surface area contributed by atoms with E-state index in [1.54, 1.807) is 19.3 Å². The van der Waals surface area contributed by atoms with Gasteiger partial charge in [-0.3, -0.25) is 13.9 Å². The molecular formula is C25H20ClF2N5O2. The van der Waals surface area contributed by atoms with Crippen LogP contribution >= 0.6 is 11.6 Å². The largest absolute Gasteiger partial charge is 0.369 e. The minimum Gasteiger partial charge on any atom is -0.369 e. The van der Waals surface area contributed by atoms with Gasteiger partial charge in [0.25, 0.3) is 5.56 Å². The summed E-state index contributed by atoms with van der Waals surface area (Å²) >= 11 is 6.20. The molecule has 1 aliphatic heterocycles. The highest BCUT2D eigenvalue weighted by molar-refractivity contribution is 6.31. The van der Waals surface area contributed by atoms with Gasteiger partial charge in [-0.25, -0.2) is 18.7 Å². The number of nitrogens with zero attached hydrogens (tertiary/aromatic N) is 5. The summed E-state index contributed by atoms with van der Waals surface area (Å²) in [6.07, 6.45) is 9.75. The zero-order valence-electron chi connectivity index (χ0n) is 18.7. The Bertz CT molecular complexity index is 1570. The van der Waals surface area contributed by atoms with Crippen LogP contribution in [0.3, 0.4) is 0 Å². The third kappa shape index (κ3) is 3.94. The van der Waals surface area contributed by atoms with E-state index in [2.05, 4.69) is 10.1 Å². The highest BCUT2D eigenvalue weighted by atomic mass is 35.5. The molecule has 1 saturated carbocycles. The number of hydrogen-bond donors (Lipinski definition) is 0. The first kappa shape index (κ1) is 22.1. The smallest absolute Gasteiger partial charge is 0.277 e. The summed E-state index contributed by atoms with van der Waals surface area (Å²) in [6, 6.07) is 3.67. The van der Waals surface area contributed by atoms with Gasteiger partial charge in [0.15, 0.2) is 5.65 Å². The lowest BCUT2D eigenvalue weighted by Gasteiger charge is -2.22. The van der Waals surface area contributed by atoms with Gasteiger partial charge >= 0.3 is 0 Å². The monoisotopic (exact) mass is 495 g/mol. The molecule has 6 rings (SSSR count). The molecule has 4 aromatic rings. The van der Waals surface area contributed by atoms with Crippen molar-refractivity contribution in [3.05, 3.63) is 86.8 Å². The van der Waals surface area contributed by atoms with Crippen LogP contribution in [0.1, 0.15) is 48.4 Å². The second-order valence-corrected chi connectivity index (χ2v) is 9.20. The standard InChI is InChI=1S/C25H20ClF2N5O2/c1-13-22(26)25(34)32-12-20(31-23(24(32)30-13)18-5-2-16(27)9-19(18)28)14-6-7-35-21(8-14)15-10-29-33(11-15)17-3-4-17/h2,5,8-12,17,21H,3-4,6-7H2,1H3. The van der Waals surface area contributed by atoms with Gasteiger partial charge in [0.2, 0.25) is 0 Å². The van der Waals surface area contributed by atoms with E-state index in [-0.39, 0.29) is 28.0 Å². The topological polar surface area (TPSA) is 74.3 Å². The van der Waals surface area contributed by atoms with Crippen molar-refractivity contribution in [2.45, 2.75) is 38.3 Å². The fourth-order valence-corrected chi connectivity index (χ4v) is 4.43. The van der Waals surface area contributed by atoms with Gasteiger partial charge in [-0.2, -0.15) is 5.10 Å². The average Bonchev–Trinajstić information content (AvgIpc) is 3.59. The Hall–Kier alpha value is -3.43. The van der Waals surface area contributed by atoms with Crippen LogP contribution in [-0.4, -0.2) is 30.8 Å². The lowest BCUT2D eigenvalue weighted by Crippen LogP contribution is -2.20. The summed E-state index contributed by atoms with van der Waals surface area (Å²) in [5.74, 6) is -1.51. The number of aryl methyl sites for hydroxylation is 1. The molecule has 10 heteroatoms. The van der Waals surface area contributed by atoms with Crippen LogP contribution in [-0.2, 0) is 4.74 Å². The van der Waals surface area contributed by atoms with Gasteiger partial charge in [-0.15, -0.1) is 0 Å². The maximum atomic E-state index is 14.8. The van der Waals surface area contributed by atoms with Crippen LogP contribution in [0.4, 0.5) is 8.78 Å². The van der Waals surface area contributed by atoms with E-state index in [0.29, 0.717) is 30.5 Å². The highest BCUT2D eigenvalue weighted by Gasteiger charge is 2.27. The average molecular weight is 496 g/mol. The molecule has 3 aromatic heterocycles. The van der Waals surface area contributed by atoms with Gasteiger partial charge in [0, 0.05) is 29.6 Å². The van der Waals surface area contributed by atoms with Crippen molar-refractivity contribution in [3.8, 4) is 11.3 Å². The van der Waals surface area contributed by atoms with E-state index in [1.165, 1.54) is 10.5 Å². The van der Waals surface area contributed by atoms with Crippen molar-refractivity contribution >= 4 is 22.8 Å². The Morgan fingerprint density at radius 3 is 2.77 bits per heavy atom. The van der Waals surface area contributed by atoms with Crippen molar-refractivity contribution in [2.75, 3.05) is 6.61 Å². The van der Waals surface area contributed by atoms with Crippen LogP contribution in [0.2, 0.25) is 5.02 Å². The molecule has 1 unspecified atom stereocenters. The maximum absolute atomic E-state index is 14.8. The van der Waals surface area contributed by atoms with Crippen LogP contribution in [0.25, 0.3) is 22.5 Å². The molecule has 7 nitrogen and oxygen atoms in total. The molecule has 178 valence electrons. The van der Waals surface area contributed by atoms with E-state index >= 15 is 0 Å². The predicted molar refractivity (Wildman–Crippen MR) is 126 cm³/mol. The summed E-state index contributed by atoms with van der Waals surface area (Å²) in [6.45, 7) is 2.03. The van der Waals surface area contributed by atoms with Crippen LogP contribution in [0, 0.1) is 18.6 Å². The summed E-state index contributed by atoms with van der Waals surface area (Å²) < 4.78 is 37.6. The second-order valence-electron chi connectivity index (χ2n) is 8.83. The molecule has 1 aliphatic carbocycles. The quantitative estimate of drug-likeness (QED) is 0.395. The second kappa shape index (κ2) is 8.35. The number of aromatic nitrogens is 5. The molecule has 0 bridgehead atoms. The van der Waals surface area contributed by atoms with E-state index < -0.39 is 17.2 Å². The van der Waals surface area contributed by atoms with E-state index in [9.17, 15) is 13.6 Å². The van der Waals surface area contributed by atoms with Gasteiger partial charge in [-0.05, 0) is 50.0 Å². The minimum atomic E-state index is -0.801. The number of halogens is 3. The Kier molecular flexibility index (Phi) is 5.26. The first-order valence-electron chi connectivity index (χ1n) is 11.3. The van der Waals surface area contributed by atoms with Crippen LogP contribution in [0.15, 0.2) is 47.7 Å². The van der Waals surface area contributed by atoms with Crippen molar-refractivity contribution < 1.29 is 13.5 Å². The van der Waals surface area contributed by atoms with E-state index in [0.717, 1.165) is 36.1 Å². The summed E-state index contributed by atoms with van der Waals surface area (Å²) in [7, 11) is 0. The van der Waals surface area contributed by atoms with E-state index in [1.807, 2.05) is 17.0 Å². The number of fused-ring (bicyclic) bond motifs is 1. The van der Waals surface area contributed by atoms with Crippen molar-refractivity contribution in [1.82, 2.24) is 24.1 Å². The third-order valence-electron chi connectivity index (χ3n) is 6.33. The van der Waals surface area contributed by atoms with Crippen molar-refractivity contribution in [2.24, 2.45) is 0 Å². The van der Waals surface area contributed by atoms with Crippen LogP contribution < -0.4 is 5.56 Å². The first-order valence-corrected chi connectivity index (χ1v) is 11.7. The summed E-state index contributed by atoms with van der Waals surface area (Å²) in [4.78, 5) is 22.1. The molecule has 1 atom stereocenters. The fourth-order valence-electron chi connectivity index (χ4n) is 4.30. The lowest BCUT2D eigenvalue weighted by atomic mass is 10.0. The number of ether oxygens (including phenoxy) is 1. The van der Waals surface area contributed by atoms with Crippen LogP contribution in [0.5, 0.6) is 0 Å². The summed E-state index contributed by atoms with van der Waals surface area (Å²) in [5, 5.41) is 4.41. The lowest BCUT2D eigenvalue weighted by molar-refractivity contribution is 0.0826. The summed E-state index contributed by atoms with van der Waals surface area (Å²) in [5.41, 5.74) is 2.33. The molecule has 0 N–H and O–H groups in total. The zero-order valence-corrected chi connectivity index (χ0v) is 19.5. The predicted octanol–water partition coefficient (Wildman–Crippen LogP) is 5.07. The molecule has 0 amide bonds. The normalized spacial score (nSPS) is 18.2. The molecule has 4 heterocycles. The zero-order chi connectivity index (χ0) is 24.3. The molecule has 2 aliphatic rings. The number of hydrogen-bond acceptors (Lipinski definition) is 5.